The number of nitrogens with zero attached hydrogens (tertiary/aromatic N) is 6. The van der Waals surface area contributed by atoms with E-state index in [2.05, 4.69) is 43.0 Å². The van der Waals surface area contributed by atoms with Crippen molar-refractivity contribution in [1.82, 2.24) is 15.0 Å². The zero-order valence-corrected chi connectivity index (χ0v) is 22.8. The molecule has 10 nitrogen and oxygen atoms in total. The van der Waals surface area contributed by atoms with Crippen molar-refractivity contribution in [3.8, 4) is 24.2 Å². The van der Waals surface area contributed by atoms with Crippen molar-refractivity contribution in [3.63, 3.8) is 0 Å². The molecule has 1 aliphatic rings. The van der Waals surface area contributed by atoms with Gasteiger partial charge in [0.2, 0.25) is 5.71 Å². The normalized spacial score (nSPS) is 13.1. The van der Waals surface area contributed by atoms with E-state index in [1.165, 1.54) is 24.5 Å². The van der Waals surface area contributed by atoms with E-state index >= 15 is 0 Å². The number of pyridine rings is 1. The van der Waals surface area contributed by atoms with E-state index in [-0.39, 0.29) is 23.6 Å². The summed E-state index contributed by atoms with van der Waals surface area (Å²) in [6.45, 7) is 2.53. The predicted molar refractivity (Wildman–Crippen MR) is 154 cm³/mol. The van der Waals surface area contributed by atoms with Gasteiger partial charge in [0.25, 0.3) is 0 Å². The van der Waals surface area contributed by atoms with Crippen molar-refractivity contribution in [1.29, 1.82) is 0 Å². The number of rotatable bonds is 10. The molecule has 1 aromatic carbocycles. The van der Waals surface area contributed by atoms with Gasteiger partial charge in [0.1, 0.15) is 24.5 Å². The number of benzene rings is 1. The minimum Gasteiger partial charge on any atom is -0.358 e. The molecule has 0 saturated carbocycles. The molecule has 0 spiro atoms. The van der Waals surface area contributed by atoms with Crippen molar-refractivity contribution in [3.05, 3.63) is 87.5 Å². The Morgan fingerprint density at radius 1 is 1.27 bits per heavy atom. The number of allylic oxidation sites excluding steroid dienone is 1. The molecule has 0 saturated heterocycles. The first-order chi connectivity index (χ1) is 19.6. The summed E-state index contributed by atoms with van der Waals surface area (Å²) in [5.74, 6) is 7.51. The van der Waals surface area contributed by atoms with Crippen LogP contribution in [0.2, 0.25) is 0 Å². The molecule has 4 rings (SSSR count). The molecule has 2 aromatic heterocycles. The minimum absolute atomic E-state index is 0.0511. The van der Waals surface area contributed by atoms with Gasteiger partial charge < -0.3 is 19.9 Å². The third-order valence-electron chi connectivity index (χ3n) is 6.22. The number of nitrogens with one attached hydrogen (secondary N) is 1. The second-order valence-corrected chi connectivity index (χ2v) is 10.00. The van der Waals surface area contributed by atoms with E-state index in [0.29, 0.717) is 63.4 Å². The van der Waals surface area contributed by atoms with Gasteiger partial charge in [-0.3, -0.25) is 9.78 Å². The Bertz CT molecular complexity index is 1740. The lowest BCUT2D eigenvalue weighted by Gasteiger charge is -2.28. The predicted octanol–water partition coefficient (Wildman–Crippen LogP) is 3.99. The molecular weight excluding hydrogens is 525 g/mol. The number of hydrogen-bond acceptors (Lipinski definition) is 8. The van der Waals surface area contributed by atoms with Crippen LogP contribution in [-0.2, 0) is 11.2 Å². The fourth-order valence-corrected chi connectivity index (χ4v) is 4.38. The van der Waals surface area contributed by atoms with Crippen molar-refractivity contribution in [2.75, 3.05) is 32.5 Å². The number of halogens is 1. The molecular formula is C30H27FN7O3+. The van der Waals surface area contributed by atoms with Crippen molar-refractivity contribution in [2.45, 2.75) is 19.8 Å². The molecule has 3 aromatic rings. The Kier molecular flexibility index (Phi) is 8.61. The van der Waals surface area contributed by atoms with Gasteiger partial charge in [0.15, 0.2) is 5.78 Å². The number of hydrogen-bond donors (Lipinski definition) is 1. The van der Waals surface area contributed by atoms with E-state index in [9.17, 15) is 19.3 Å². The van der Waals surface area contributed by atoms with Crippen LogP contribution in [-0.4, -0.2) is 63.0 Å². The maximum Gasteiger partial charge on any atom is 0.369 e. The Labute approximate surface area is 236 Å². The fraction of sp³-hybridized carbons (Fsp3) is 0.233. The minimum atomic E-state index is -0.493. The number of aromatic nitrogens is 3. The van der Waals surface area contributed by atoms with E-state index in [4.69, 9.17) is 6.42 Å². The Hall–Kier alpha value is -5.26. The summed E-state index contributed by atoms with van der Waals surface area (Å²) < 4.78 is 14.2. The highest BCUT2D eigenvalue weighted by atomic mass is 19.1. The van der Waals surface area contributed by atoms with Crippen LogP contribution < -0.4 is 5.32 Å². The molecule has 1 N–H and O–H groups in total. The number of quaternary nitrogens is 1. The molecule has 11 heteroatoms. The maximum atomic E-state index is 13.8. The van der Waals surface area contributed by atoms with Crippen LogP contribution in [0.3, 0.4) is 0 Å². The zero-order chi connectivity index (χ0) is 29.6. The van der Waals surface area contributed by atoms with Gasteiger partial charge in [-0.2, -0.15) is 0 Å². The molecule has 41 heavy (non-hydrogen) atoms. The van der Waals surface area contributed by atoms with Crippen molar-refractivity contribution >= 4 is 33.9 Å². The van der Waals surface area contributed by atoms with Gasteiger partial charge >= 0.3 is 5.82 Å². The number of anilines is 2. The lowest BCUT2D eigenvalue weighted by atomic mass is 10.1. The lowest BCUT2D eigenvalue weighted by Crippen LogP contribution is -2.41. The van der Waals surface area contributed by atoms with E-state index in [1.54, 1.807) is 31.3 Å². The number of aliphatic imine (C=N–C) groups is 1. The van der Waals surface area contributed by atoms with Gasteiger partial charge in [-0.05, 0) is 59.2 Å². The van der Waals surface area contributed by atoms with Crippen molar-refractivity contribution < 1.29 is 18.6 Å². The molecule has 0 amide bonds. The van der Waals surface area contributed by atoms with E-state index < -0.39 is 10.7 Å². The largest absolute Gasteiger partial charge is 0.369 e. The first-order valence-electron chi connectivity index (χ1n) is 12.6. The summed E-state index contributed by atoms with van der Waals surface area (Å²) in [5.41, 5.74) is 2.87. The average Bonchev–Trinajstić information content (AvgIpc) is 3.31. The quantitative estimate of drug-likeness (QED) is 0.133. The summed E-state index contributed by atoms with van der Waals surface area (Å²) in [6.07, 6.45) is 12.0. The molecule has 0 radical (unpaired) electrons. The molecule has 206 valence electrons. The highest BCUT2D eigenvalue weighted by Gasteiger charge is 2.32. The smallest absolute Gasteiger partial charge is 0.358 e. The Morgan fingerprint density at radius 2 is 2.07 bits per heavy atom. The van der Waals surface area contributed by atoms with Crippen LogP contribution in [0.5, 0.6) is 0 Å². The van der Waals surface area contributed by atoms with Crippen LogP contribution >= 0.6 is 0 Å². The first kappa shape index (κ1) is 28.7. The third-order valence-corrected chi connectivity index (χ3v) is 6.22. The van der Waals surface area contributed by atoms with E-state index in [0.717, 1.165) is 0 Å². The maximum absolute atomic E-state index is 13.8. The summed E-state index contributed by atoms with van der Waals surface area (Å²) in [6, 6.07) is 6.06. The number of nitro groups is 1. The summed E-state index contributed by atoms with van der Waals surface area (Å²) in [4.78, 5) is 40.7. The van der Waals surface area contributed by atoms with Gasteiger partial charge in [0, 0.05) is 16.8 Å². The van der Waals surface area contributed by atoms with Gasteiger partial charge in [-0.25, -0.2) is 14.4 Å². The number of fused-ring (bicyclic) bond motifs is 1. The highest BCUT2D eigenvalue weighted by Crippen LogP contribution is 2.25. The van der Waals surface area contributed by atoms with Crippen LogP contribution in [0.1, 0.15) is 24.6 Å². The molecule has 0 fully saturated rings. The monoisotopic (exact) mass is 552 g/mol. The van der Waals surface area contributed by atoms with Gasteiger partial charge in [0.05, 0.1) is 56.3 Å². The SMILES string of the molecule is C#Cc1cc(Nc2ncnc3cnc(CC(=O)/C=C/C[N+](C)(C)CC4=C([N+](=O)[O-])N=C(C#CC)C4)cc23)ccc1F. The van der Waals surface area contributed by atoms with Crippen LogP contribution in [0.25, 0.3) is 10.9 Å². The van der Waals surface area contributed by atoms with Crippen LogP contribution in [0.15, 0.2) is 65.3 Å². The third kappa shape index (κ3) is 7.24. The average molecular weight is 553 g/mol. The highest BCUT2D eigenvalue weighted by molar-refractivity contribution is 6.03. The zero-order valence-electron chi connectivity index (χ0n) is 22.8. The number of carbonyl (C=O) groups excluding carboxylic acids is 1. The lowest BCUT2D eigenvalue weighted by molar-refractivity contribution is -0.880. The molecule has 0 unspecified atom stereocenters. The standard InChI is InChI=1S/C30H27FN7O3/c1-5-8-22-14-21(30(36-22)37(40)41)18-38(3,4)12-7-9-25(39)15-24-16-26-28(17-32-24)33-19-34-29(26)35-23-10-11-27(31)20(6-2)13-23/h2,7,9-11,13,16-17,19H,12,14-15,18H2,1,3-4H3,(H,33,34,35)/q+1/b9-7+. The summed E-state index contributed by atoms with van der Waals surface area (Å²) >= 11 is 0. The topological polar surface area (TPSA) is 123 Å². The van der Waals surface area contributed by atoms with Crippen LogP contribution in [0.4, 0.5) is 15.9 Å². The van der Waals surface area contributed by atoms with Crippen molar-refractivity contribution in [2.24, 2.45) is 4.99 Å². The van der Waals surface area contributed by atoms with Gasteiger partial charge in [-0.1, -0.05) is 11.8 Å². The molecule has 0 bridgehead atoms. The Morgan fingerprint density at radius 3 is 2.80 bits per heavy atom. The molecule has 0 atom stereocenters. The first-order valence-corrected chi connectivity index (χ1v) is 12.6. The number of likely N-dealkylation sites (N-methyl/N-ethyl adjacent to an activating group) is 1. The summed E-state index contributed by atoms with van der Waals surface area (Å²) in [5, 5.41) is 15.2. The molecule has 1 aliphatic heterocycles. The molecule has 3 heterocycles. The second kappa shape index (κ2) is 12.3. The summed E-state index contributed by atoms with van der Waals surface area (Å²) in [7, 11) is 3.85. The number of ketones is 1. The fourth-order valence-electron chi connectivity index (χ4n) is 4.38. The molecule has 0 aliphatic carbocycles. The number of terminal acetylenes is 1. The van der Waals surface area contributed by atoms with E-state index in [1.807, 2.05) is 14.1 Å². The van der Waals surface area contributed by atoms with Crippen LogP contribution in [0, 0.1) is 40.1 Å². The second-order valence-electron chi connectivity index (χ2n) is 10.00. The van der Waals surface area contributed by atoms with Gasteiger partial charge in [-0.15, -0.1) is 6.42 Å². The Balaban J connectivity index is 1.42. The number of carbonyl (C=O) groups is 1.